The topological polar surface area (TPSA) is 245 Å². The van der Waals surface area contributed by atoms with Gasteiger partial charge in [0.05, 0.1) is 13.0 Å². The number of nitrogens with two attached hydrogens (primary N) is 4. The number of aliphatic carboxylic acids is 1. The number of β-lactam (4-membered cyclic amide) rings is 1. The summed E-state index contributed by atoms with van der Waals surface area (Å²) >= 11 is 3.47. The number of thioether (sulfide) groups is 2. The second-order valence-corrected chi connectivity index (χ2v) is 11.2. The molecule has 2 aromatic heterocycles. The lowest BCUT2D eigenvalue weighted by Gasteiger charge is -2.55. The zero-order valence-electron chi connectivity index (χ0n) is 19.7. The predicted octanol–water partition coefficient (Wildman–Crippen LogP) is -3.03. The Labute approximate surface area is 223 Å². The molecule has 0 aliphatic carbocycles. The Hall–Kier alpha value is -3.51. The van der Waals surface area contributed by atoms with Gasteiger partial charge in [0.15, 0.2) is 16.5 Å². The van der Waals surface area contributed by atoms with Crippen molar-refractivity contribution in [1.82, 2.24) is 20.2 Å². The maximum atomic E-state index is 12.9. The first-order chi connectivity index (χ1) is 17.5. The number of oxime groups is 1. The molecule has 15 nitrogen and oxygen atoms in total. The Kier molecular flexibility index (Phi) is 7.24. The molecule has 0 spiro atoms. The second kappa shape index (κ2) is 10.1. The number of nitrogens with zero attached hydrogens (tertiary/aromatic N) is 5. The van der Waals surface area contributed by atoms with Crippen molar-refractivity contribution in [2.24, 2.45) is 17.6 Å². The minimum absolute atomic E-state index is 0.0342. The van der Waals surface area contributed by atoms with Crippen molar-refractivity contribution in [1.29, 1.82) is 0 Å². The number of aromatic nitrogens is 3. The Balaban J connectivity index is 1.45. The van der Waals surface area contributed by atoms with Crippen LogP contribution in [0, 0.1) is 5.41 Å². The summed E-state index contributed by atoms with van der Waals surface area (Å²) in [6.07, 6.45) is 0. The molecule has 198 valence electrons. The number of rotatable bonds is 8. The number of nitrogens with one attached hydrogen (secondary N) is 1. The van der Waals surface area contributed by atoms with Crippen LogP contribution in [0.15, 0.2) is 15.7 Å². The third kappa shape index (κ3) is 4.78. The smallest absolute Gasteiger partial charge is 0.300 e. The van der Waals surface area contributed by atoms with Gasteiger partial charge in [-0.2, -0.15) is 0 Å². The van der Waals surface area contributed by atoms with Crippen LogP contribution in [0.2, 0.25) is 0 Å². The van der Waals surface area contributed by atoms with Crippen LogP contribution in [0.3, 0.4) is 0 Å². The van der Waals surface area contributed by atoms with Gasteiger partial charge in [0.2, 0.25) is 17.5 Å². The number of fused-ring (bicyclic) bond motifs is 1. The van der Waals surface area contributed by atoms with E-state index in [9.17, 15) is 19.5 Å². The van der Waals surface area contributed by atoms with Gasteiger partial charge in [-0.05, 0) is 0 Å². The van der Waals surface area contributed by atoms with Crippen LogP contribution in [0.1, 0.15) is 5.69 Å². The van der Waals surface area contributed by atoms with E-state index < -0.39 is 34.6 Å². The predicted molar refractivity (Wildman–Crippen MR) is 137 cm³/mol. The summed E-state index contributed by atoms with van der Waals surface area (Å²) < 4.78 is 1.51. The van der Waals surface area contributed by atoms with Crippen molar-refractivity contribution in [3.63, 3.8) is 0 Å². The van der Waals surface area contributed by atoms with Crippen LogP contribution in [0.4, 0.5) is 22.5 Å². The van der Waals surface area contributed by atoms with E-state index in [-0.39, 0.29) is 51.9 Å². The number of hydrogen-bond acceptors (Lipinski definition) is 15. The summed E-state index contributed by atoms with van der Waals surface area (Å²) in [7, 11) is 2.90. The van der Waals surface area contributed by atoms with E-state index in [1.165, 1.54) is 28.3 Å². The summed E-state index contributed by atoms with van der Waals surface area (Å²) in [5.74, 6) is -2.00. The van der Waals surface area contributed by atoms with Crippen LogP contribution in [-0.4, -0.2) is 74.9 Å². The molecule has 3 atom stereocenters. The van der Waals surface area contributed by atoms with Crippen LogP contribution in [0.25, 0.3) is 0 Å². The molecule has 2 saturated heterocycles. The van der Waals surface area contributed by atoms with Crippen LogP contribution in [-0.2, 0) is 26.3 Å². The molecule has 2 unspecified atom stereocenters. The van der Waals surface area contributed by atoms with Crippen molar-refractivity contribution in [3.8, 4) is 0 Å². The molecule has 4 rings (SSSR count). The van der Waals surface area contributed by atoms with Gasteiger partial charge in [0.1, 0.15) is 24.2 Å². The van der Waals surface area contributed by atoms with E-state index in [4.69, 9.17) is 27.8 Å². The van der Waals surface area contributed by atoms with E-state index >= 15 is 0 Å². The van der Waals surface area contributed by atoms with E-state index in [1.807, 2.05) is 0 Å². The number of carbonyl (C=O) groups excluding carboxylic acids is 3. The Bertz CT molecular complexity index is 1300. The van der Waals surface area contributed by atoms with Crippen LogP contribution >= 0.6 is 34.9 Å². The number of nitrogen functional groups attached to an aromatic ring is 4. The summed E-state index contributed by atoms with van der Waals surface area (Å²) in [4.78, 5) is 52.4. The first-order valence-corrected chi connectivity index (χ1v) is 13.5. The first-order valence-electron chi connectivity index (χ1n) is 10.6. The quantitative estimate of drug-likeness (QED) is 0.0532. The van der Waals surface area contributed by atoms with Crippen molar-refractivity contribution < 1.29 is 28.9 Å². The molecule has 2 aromatic rings. The highest BCUT2D eigenvalue weighted by molar-refractivity contribution is 8.00. The van der Waals surface area contributed by atoms with Crippen molar-refractivity contribution in [3.05, 3.63) is 11.1 Å². The maximum absolute atomic E-state index is 12.9. The molecule has 0 aromatic carbocycles. The van der Waals surface area contributed by atoms with Gasteiger partial charge >= 0.3 is 5.16 Å². The van der Waals surface area contributed by atoms with E-state index in [0.29, 0.717) is 5.16 Å². The fourth-order valence-corrected chi connectivity index (χ4v) is 7.17. The molecule has 2 aliphatic rings. The largest absolute Gasteiger partial charge is 0.549 e. The molecule has 0 saturated carbocycles. The van der Waals surface area contributed by atoms with E-state index in [1.54, 1.807) is 12.4 Å². The third-order valence-corrected chi connectivity index (χ3v) is 9.50. The highest BCUT2D eigenvalue weighted by Gasteiger charge is 2.56. The number of anilines is 4. The molecule has 0 radical (unpaired) electrons. The lowest BCUT2D eigenvalue weighted by atomic mass is 9.89. The van der Waals surface area contributed by atoms with E-state index in [0.717, 1.165) is 23.1 Å². The SMILES string of the molecule is CON=C(C(=O)NC1C(=O)N2CC(CSc3nc(N)c(N)c(N)[n+]3C)(C(=O)[O-])CS[C@H]12)c1csc(N)n1. The summed E-state index contributed by atoms with van der Waals surface area (Å²) in [5.41, 5.74) is 22.0. The fraction of sp³-hybridized carbons (Fsp3) is 0.421. The van der Waals surface area contributed by atoms with Crippen molar-refractivity contribution in [2.45, 2.75) is 16.6 Å². The minimum atomic E-state index is -1.38. The standard InChI is InChI=1S/C19H24N10O5S3/c1-28-12(22)8(20)11(21)26-18(28)37-6-19(16(32)33)4-29-14(31)10(15(29)36-5-19)25-13(30)9(27-34-2)7-3-35-17(23)24-7/h3,10,15H,4-6H2,1-2H3,(H9,20,21,22,23,24,25,27,30,32,33)/t10?,15-,19?/m1/s1. The second-order valence-electron chi connectivity index (χ2n) is 8.31. The Morgan fingerprint density at radius 1 is 1.38 bits per heavy atom. The molecule has 2 amide bonds. The van der Waals surface area contributed by atoms with Gasteiger partial charge in [-0.3, -0.25) is 9.59 Å². The highest BCUT2D eigenvalue weighted by atomic mass is 32.2. The minimum Gasteiger partial charge on any atom is -0.549 e. The average Bonchev–Trinajstić information content (AvgIpc) is 3.31. The average molecular weight is 569 g/mol. The molecular weight excluding hydrogens is 544 g/mol. The van der Waals surface area contributed by atoms with E-state index in [2.05, 4.69) is 20.4 Å². The molecule has 9 N–H and O–H groups in total. The first kappa shape index (κ1) is 26.6. The number of carboxylic acids is 1. The molecule has 18 heteroatoms. The van der Waals surface area contributed by atoms with Gasteiger partial charge in [-0.25, -0.2) is 9.55 Å². The molecule has 37 heavy (non-hydrogen) atoms. The van der Waals surface area contributed by atoms with Crippen molar-refractivity contribution >= 4 is 80.8 Å². The Morgan fingerprint density at radius 3 is 2.73 bits per heavy atom. The van der Waals surface area contributed by atoms with Gasteiger partial charge < -0.3 is 47.9 Å². The molecular formula is C19H24N10O5S3. The lowest BCUT2D eigenvalue weighted by molar-refractivity contribution is -0.698. The molecule has 0 bridgehead atoms. The normalized spacial score (nSPS) is 23.2. The summed E-state index contributed by atoms with van der Waals surface area (Å²) in [5, 5.41) is 20.3. The maximum Gasteiger partial charge on any atom is 0.300 e. The third-order valence-electron chi connectivity index (χ3n) is 5.92. The van der Waals surface area contributed by atoms with Crippen molar-refractivity contribution in [2.75, 3.05) is 48.1 Å². The molecule has 2 aliphatic heterocycles. The number of thiazole rings is 1. The molecule has 2 fully saturated rings. The zero-order chi connectivity index (χ0) is 27.1. The van der Waals surface area contributed by atoms with Crippen LogP contribution < -0.4 is 37.9 Å². The molecule has 4 heterocycles. The van der Waals surface area contributed by atoms with Gasteiger partial charge in [-0.1, -0.05) is 21.9 Å². The Morgan fingerprint density at radius 2 is 2.11 bits per heavy atom. The van der Waals surface area contributed by atoms with Crippen LogP contribution in [0.5, 0.6) is 0 Å². The van der Waals surface area contributed by atoms with Gasteiger partial charge in [-0.15, -0.1) is 23.1 Å². The highest BCUT2D eigenvalue weighted by Crippen LogP contribution is 2.44. The summed E-state index contributed by atoms with van der Waals surface area (Å²) in [6, 6.07) is -0.876. The number of carboxylic acid groups (broad SMARTS) is 1. The van der Waals surface area contributed by atoms with Gasteiger partial charge in [0.25, 0.3) is 5.91 Å². The number of amides is 2. The van der Waals surface area contributed by atoms with Gasteiger partial charge in [0, 0.05) is 28.8 Å². The number of hydrogen-bond donors (Lipinski definition) is 5. The zero-order valence-corrected chi connectivity index (χ0v) is 22.1. The fourth-order valence-electron chi connectivity index (χ4n) is 3.78. The summed E-state index contributed by atoms with van der Waals surface area (Å²) in [6.45, 7) is -0.101. The number of carbonyl (C=O) groups is 3. The monoisotopic (exact) mass is 568 g/mol. The lowest BCUT2D eigenvalue weighted by Crippen LogP contribution is -2.75.